The van der Waals surface area contributed by atoms with Gasteiger partial charge in [0.25, 0.3) is 0 Å². The van der Waals surface area contributed by atoms with Crippen molar-refractivity contribution in [3.63, 3.8) is 0 Å². The number of rotatable bonds is 5. The number of aliphatic carboxylic acids is 1. The van der Waals surface area contributed by atoms with Gasteiger partial charge in [-0.2, -0.15) is 0 Å². The molecule has 1 aromatic rings. The summed E-state index contributed by atoms with van der Waals surface area (Å²) in [6.45, 7) is 1.32. The number of benzene rings is 1. The molecule has 0 aromatic heterocycles. The summed E-state index contributed by atoms with van der Waals surface area (Å²) in [5.41, 5.74) is 0. The molecule has 0 aliphatic carbocycles. The highest BCUT2D eigenvalue weighted by Gasteiger charge is 2.39. The van der Waals surface area contributed by atoms with Crippen LogP contribution in [0.1, 0.15) is 6.92 Å². The fraction of sp³-hybridized carbons (Fsp3) is 0.222. The Morgan fingerprint density at radius 3 is 2.56 bits per heavy atom. The standard InChI is InChI=1S/C9H9ClNO4P/c1-7(9(12)13)11(10)16(14)15-8-5-3-2-4-6-8/h2-7H,1H3/p+1. The second-order valence-corrected chi connectivity index (χ2v) is 4.63. The lowest BCUT2D eigenvalue weighted by molar-refractivity contribution is -0.139. The SMILES string of the molecule is CC(C(=O)O)N(Cl)[P+](=O)Oc1ccccc1. The predicted molar refractivity (Wildman–Crippen MR) is 59.5 cm³/mol. The van der Waals surface area contributed by atoms with Crippen molar-refractivity contribution in [2.75, 3.05) is 0 Å². The van der Waals surface area contributed by atoms with Crippen molar-refractivity contribution >= 4 is 25.9 Å². The zero-order valence-electron chi connectivity index (χ0n) is 8.41. The lowest BCUT2D eigenvalue weighted by Crippen LogP contribution is -2.27. The van der Waals surface area contributed by atoms with Crippen LogP contribution in [0.5, 0.6) is 5.75 Å². The molecule has 16 heavy (non-hydrogen) atoms. The Hall–Kier alpha value is -1.16. The van der Waals surface area contributed by atoms with E-state index in [1.807, 2.05) is 0 Å². The first kappa shape index (κ1) is 12.9. The molecule has 0 heterocycles. The first-order valence-electron chi connectivity index (χ1n) is 4.40. The maximum Gasteiger partial charge on any atom is 0.683 e. The number of carboxylic acid groups (broad SMARTS) is 1. The van der Waals surface area contributed by atoms with Crippen LogP contribution in [0, 0.1) is 0 Å². The molecule has 86 valence electrons. The van der Waals surface area contributed by atoms with Crippen molar-refractivity contribution in [1.82, 2.24) is 4.19 Å². The monoisotopic (exact) mass is 262 g/mol. The summed E-state index contributed by atoms with van der Waals surface area (Å²) in [7, 11) is -2.42. The first-order valence-corrected chi connectivity index (χ1v) is 5.87. The highest BCUT2D eigenvalue weighted by Crippen LogP contribution is 2.34. The van der Waals surface area contributed by atoms with Gasteiger partial charge in [-0.25, -0.2) is 4.52 Å². The van der Waals surface area contributed by atoms with E-state index < -0.39 is 20.2 Å². The molecule has 1 aromatic carbocycles. The maximum atomic E-state index is 11.5. The predicted octanol–water partition coefficient (Wildman–Crippen LogP) is 2.65. The van der Waals surface area contributed by atoms with Crippen LogP contribution in [0.3, 0.4) is 0 Å². The summed E-state index contributed by atoms with van der Waals surface area (Å²) in [6, 6.07) is 7.30. The molecule has 0 spiro atoms. The molecule has 2 atom stereocenters. The molecule has 0 bridgehead atoms. The van der Waals surface area contributed by atoms with Gasteiger partial charge in [-0.1, -0.05) is 18.2 Å². The van der Waals surface area contributed by atoms with Crippen molar-refractivity contribution in [3.8, 4) is 5.75 Å². The number of nitrogens with zero attached hydrogens (tertiary/aromatic N) is 1. The molecular weight excluding hydrogens is 253 g/mol. The van der Waals surface area contributed by atoms with E-state index >= 15 is 0 Å². The average Bonchev–Trinajstić information content (AvgIpc) is 2.28. The van der Waals surface area contributed by atoms with Crippen molar-refractivity contribution in [2.24, 2.45) is 0 Å². The molecule has 0 saturated heterocycles. The van der Waals surface area contributed by atoms with Gasteiger partial charge in [0, 0.05) is 20.5 Å². The third-order valence-electron chi connectivity index (χ3n) is 1.76. The maximum absolute atomic E-state index is 11.5. The summed E-state index contributed by atoms with van der Waals surface area (Å²) in [4.78, 5) is 10.6. The molecule has 0 radical (unpaired) electrons. The third kappa shape index (κ3) is 3.45. The fourth-order valence-electron chi connectivity index (χ4n) is 0.843. The van der Waals surface area contributed by atoms with Gasteiger partial charge in [0.15, 0.2) is 11.8 Å². The number of carbonyl (C=O) groups is 1. The third-order valence-corrected chi connectivity index (χ3v) is 3.45. The smallest absolute Gasteiger partial charge is 0.480 e. The minimum atomic E-state index is -2.42. The Bertz CT molecular complexity index is 386. The highest BCUT2D eigenvalue weighted by molar-refractivity contribution is 7.38. The molecule has 0 amide bonds. The van der Waals surface area contributed by atoms with E-state index in [0.717, 1.165) is 0 Å². The summed E-state index contributed by atoms with van der Waals surface area (Å²) in [5.74, 6) is -0.804. The van der Waals surface area contributed by atoms with Gasteiger partial charge in [0.05, 0.1) is 0 Å². The Labute approximate surface area is 98.6 Å². The molecule has 0 aliphatic heterocycles. The second-order valence-electron chi connectivity index (χ2n) is 2.95. The van der Waals surface area contributed by atoms with E-state index in [9.17, 15) is 9.36 Å². The highest BCUT2D eigenvalue weighted by atomic mass is 35.5. The van der Waals surface area contributed by atoms with Crippen LogP contribution >= 0.6 is 20.0 Å². The molecule has 5 nitrogen and oxygen atoms in total. The number of para-hydroxylation sites is 1. The molecule has 2 unspecified atom stereocenters. The van der Waals surface area contributed by atoms with Crippen LogP contribution in [-0.2, 0) is 9.36 Å². The van der Waals surface area contributed by atoms with Gasteiger partial charge in [-0.05, 0) is 19.1 Å². The fourth-order valence-corrected chi connectivity index (χ4v) is 1.78. The van der Waals surface area contributed by atoms with Crippen LogP contribution in [0.15, 0.2) is 30.3 Å². The molecular formula is C9H10ClNO4P+. The number of carboxylic acids is 1. The van der Waals surface area contributed by atoms with Gasteiger partial charge in [0.2, 0.25) is 0 Å². The van der Waals surface area contributed by atoms with Gasteiger partial charge in [-0.3, -0.25) is 4.79 Å². The number of halogens is 1. The van der Waals surface area contributed by atoms with E-state index in [4.69, 9.17) is 21.4 Å². The van der Waals surface area contributed by atoms with Crippen LogP contribution in [-0.4, -0.2) is 21.3 Å². The van der Waals surface area contributed by atoms with E-state index in [1.54, 1.807) is 30.3 Å². The Morgan fingerprint density at radius 2 is 2.06 bits per heavy atom. The molecule has 0 saturated carbocycles. The van der Waals surface area contributed by atoms with E-state index in [0.29, 0.717) is 9.94 Å². The lowest BCUT2D eigenvalue weighted by atomic mass is 10.3. The van der Waals surface area contributed by atoms with Gasteiger partial charge >= 0.3 is 14.1 Å². The minimum absolute atomic E-state index is 0.367. The normalized spacial score (nSPS) is 13.3. The molecule has 7 heteroatoms. The Kier molecular flexibility index (Phi) is 4.68. The number of hydrogen-bond donors (Lipinski definition) is 1. The van der Waals surface area contributed by atoms with Crippen LogP contribution in [0.2, 0.25) is 0 Å². The van der Waals surface area contributed by atoms with E-state index in [2.05, 4.69) is 0 Å². The zero-order valence-corrected chi connectivity index (χ0v) is 10.1. The minimum Gasteiger partial charge on any atom is -0.480 e. The van der Waals surface area contributed by atoms with Crippen LogP contribution in [0.4, 0.5) is 0 Å². The van der Waals surface area contributed by atoms with E-state index in [-0.39, 0.29) is 0 Å². The van der Waals surface area contributed by atoms with Gasteiger partial charge in [-0.15, -0.1) is 0 Å². The summed E-state index contributed by atoms with van der Waals surface area (Å²) >= 11 is 5.57. The van der Waals surface area contributed by atoms with Crippen LogP contribution < -0.4 is 4.52 Å². The number of hydrogen-bond acceptors (Lipinski definition) is 3. The largest absolute Gasteiger partial charge is 0.683 e. The molecule has 0 aliphatic rings. The van der Waals surface area contributed by atoms with Crippen molar-refractivity contribution in [3.05, 3.63) is 30.3 Å². The molecule has 1 N–H and O–H groups in total. The van der Waals surface area contributed by atoms with Crippen molar-refractivity contribution < 1.29 is 19.0 Å². The lowest BCUT2D eigenvalue weighted by Gasteiger charge is -2.05. The first-order chi connectivity index (χ1) is 7.52. The molecule has 0 fully saturated rings. The average molecular weight is 263 g/mol. The Balaban J connectivity index is 2.63. The second kappa shape index (κ2) is 5.80. The zero-order chi connectivity index (χ0) is 12.1. The summed E-state index contributed by atoms with van der Waals surface area (Å²) < 4.78 is 17.1. The van der Waals surface area contributed by atoms with E-state index in [1.165, 1.54) is 6.92 Å². The van der Waals surface area contributed by atoms with Crippen molar-refractivity contribution in [1.29, 1.82) is 0 Å². The summed E-state index contributed by atoms with van der Waals surface area (Å²) in [5, 5.41) is 8.66. The topological polar surface area (TPSA) is 66.8 Å². The van der Waals surface area contributed by atoms with Crippen LogP contribution in [0.25, 0.3) is 0 Å². The Morgan fingerprint density at radius 1 is 1.50 bits per heavy atom. The van der Waals surface area contributed by atoms with Crippen molar-refractivity contribution in [2.45, 2.75) is 13.0 Å². The summed E-state index contributed by atoms with van der Waals surface area (Å²) in [6.07, 6.45) is 0. The quantitative estimate of drug-likeness (QED) is 0.653. The van der Waals surface area contributed by atoms with Gasteiger partial charge < -0.3 is 5.11 Å². The molecule has 1 rings (SSSR count). The van der Waals surface area contributed by atoms with Gasteiger partial charge in [0.1, 0.15) is 0 Å².